The third kappa shape index (κ3) is 3.77. The molecular weight excluding hydrogens is 254 g/mol. The zero-order valence-corrected chi connectivity index (χ0v) is 11.7. The van der Waals surface area contributed by atoms with Crippen molar-refractivity contribution in [1.82, 2.24) is 19.9 Å². The standard InChI is InChI=1S/C14H21N5O/c1-11(7-8-15)5-6-14(20)16-10-13-18-17-12-4-2-3-9-19(12)13/h2-4,9,11H,5-8,10,15H2,1H3,(H,16,20). The van der Waals surface area contributed by atoms with Gasteiger partial charge in [0.25, 0.3) is 0 Å². The Kier molecular flexibility index (Phi) is 5.06. The minimum Gasteiger partial charge on any atom is -0.349 e. The van der Waals surface area contributed by atoms with Crippen molar-refractivity contribution in [3.8, 4) is 0 Å². The number of nitrogens with one attached hydrogen (secondary N) is 1. The van der Waals surface area contributed by atoms with Crippen LogP contribution in [0.15, 0.2) is 24.4 Å². The molecule has 1 unspecified atom stereocenters. The van der Waals surface area contributed by atoms with Crippen LogP contribution in [0.25, 0.3) is 5.65 Å². The molecule has 2 aromatic rings. The average Bonchev–Trinajstić information content (AvgIpc) is 2.86. The number of carbonyl (C=O) groups excluding carboxylic acids is 1. The molecule has 0 fully saturated rings. The van der Waals surface area contributed by atoms with Crippen LogP contribution in [-0.4, -0.2) is 27.0 Å². The van der Waals surface area contributed by atoms with Crippen molar-refractivity contribution in [2.75, 3.05) is 6.54 Å². The van der Waals surface area contributed by atoms with E-state index >= 15 is 0 Å². The van der Waals surface area contributed by atoms with E-state index < -0.39 is 0 Å². The van der Waals surface area contributed by atoms with Gasteiger partial charge in [-0.3, -0.25) is 9.20 Å². The van der Waals surface area contributed by atoms with Gasteiger partial charge in [0.05, 0.1) is 6.54 Å². The van der Waals surface area contributed by atoms with Crippen molar-refractivity contribution in [2.24, 2.45) is 11.7 Å². The van der Waals surface area contributed by atoms with E-state index in [2.05, 4.69) is 22.4 Å². The Labute approximate surface area is 118 Å². The van der Waals surface area contributed by atoms with Crippen LogP contribution in [0.4, 0.5) is 0 Å². The Balaban J connectivity index is 1.81. The summed E-state index contributed by atoms with van der Waals surface area (Å²) in [6.07, 6.45) is 4.24. The highest BCUT2D eigenvalue weighted by Gasteiger charge is 2.08. The van der Waals surface area contributed by atoms with Gasteiger partial charge in [0.15, 0.2) is 11.5 Å². The number of hydrogen-bond donors (Lipinski definition) is 2. The molecule has 108 valence electrons. The molecule has 2 aromatic heterocycles. The maximum atomic E-state index is 11.8. The highest BCUT2D eigenvalue weighted by Crippen LogP contribution is 2.09. The fourth-order valence-electron chi connectivity index (χ4n) is 2.08. The predicted octanol–water partition coefficient (Wildman–Crippen LogP) is 1.11. The van der Waals surface area contributed by atoms with Gasteiger partial charge in [-0.2, -0.15) is 0 Å². The van der Waals surface area contributed by atoms with E-state index in [9.17, 15) is 4.79 Å². The molecule has 1 atom stereocenters. The van der Waals surface area contributed by atoms with E-state index in [4.69, 9.17) is 5.73 Å². The predicted molar refractivity (Wildman–Crippen MR) is 76.9 cm³/mol. The van der Waals surface area contributed by atoms with Crippen molar-refractivity contribution >= 4 is 11.6 Å². The molecule has 0 saturated heterocycles. The fourth-order valence-corrected chi connectivity index (χ4v) is 2.08. The second kappa shape index (κ2) is 7.00. The third-order valence-corrected chi connectivity index (χ3v) is 3.35. The summed E-state index contributed by atoms with van der Waals surface area (Å²) >= 11 is 0. The van der Waals surface area contributed by atoms with Crippen LogP contribution in [0, 0.1) is 5.92 Å². The van der Waals surface area contributed by atoms with Gasteiger partial charge in [0.2, 0.25) is 5.91 Å². The Morgan fingerprint density at radius 3 is 3.05 bits per heavy atom. The Morgan fingerprint density at radius 1 is 1.40 bits per heavy atom. The van der Waals surface area contributed by atoms with E-state index in [1.807, 2.05) is 28.8 Å². The van der Waals surface area contributed by atoms with Gasteiger partial charge in [0, 0.05) is 12.6 Å². The molecule has 0 saturated carbocycles. The van der Waals surface area contributed by atoms with Crippen LogP contribution >= 0.6 is 0 Å². The lowest BCUT2D eigenvalue weighted by Crippen LogP contribution is -2.24. The number of nitrogens with two attached hydrogens (primary N) is 1. The average molecular weight is 275 g/mol. The number of fused-ring (bicyclic) bond motifs is 1. The summed E-state index contributed by atoms with van der Waals surface area (Å²) in [6.45, 7) is 3.19. The van der Waals surface area contributed by atoms with Gasteiger partial charge in [0.1, 0.15) is 0 Å². The summed E-state index contributed by atoms with van der Waals surface area (Å²) in [5.41, 5.74) is 6.28. The number of rotatable bonds is 7. The van der Waals surface area contributed by atoms with E-state index in [1.165, 1.54) is 0 Å². The topological polar surface area (TPSA) is 85.3 Å². The molecule has 20 heavy (non-hydrogen) atoms. The normalized spacial score (nSPS) is 12.5. The maximum absolute atomic E-state index is 11.8. The van der Waals surface area contributed by atoms with Gasteiger partial charge >= 0.3 is 0 Å². The van der Waals surface area contributed by atoms with Gasteiger partial charge in [-0.15, -0.1) is 10.2 Å². The number of pyridine rings is 1. The van der Waals surface area contributed by atoms with Crippen molar-refractivity contribution in [1.29, 1.82) is 0 Å². The van der Waals surface area contributed by atoms with Crippen molar-refractivity contribution in [2.45, 2.75) is 32.7 Å². The Morgan fingerprint density at radius 2 is 2.25 bits per heavy atom. The summed E-state index contributed by atoms with van der Waals surface area (Å²) in [4.78, 5) is 11.8. The number of carbonyl (C=O) groups is 1. The second-order valence-corrected chi connectivity index (χ2v) is 5.04. The molecule has 0 aliphatic heterocycles. The molecule has 2 rings (SSSR count). The van der Waals surface area contributed by atoms with E-state index in [1.54, 1.807) is 0 Å². The van der Waals surface area contributed by atoms with Crippen molar-refractivity contribution in [3.05, 3.63) is 30.2 Å². The van der Waals surface area contributed by atoms with Gasteiger partial charge < -0.3 is 11.1 Å². The molecule has 0 radical (unpaired) electrons. The number of amides is 1. The first-order chi connectivity index (χ1) is 9.70. The summed E-state index contributed by atoms with van der Waals surface area (Å²) in [7, 11) is 0. The molecule has 1 amide bonds. The summed E-state index contributed by atoms with van der Waals surface area (Å²) < 4.78 is 1.87. The fraction of sp³-hybridized carbons (Fsp3) is 0.500. The molecule has 6 nitrogen and oxygen atoms in total. The Hall–Kier alpha value is -1.95. The summed E-state index contributed by atoms with van der Waals surface area (Å²) in [6, 6.07) is 5.70. The Bertz CT molecular complexity index is 565. The largest absolute Gasteiger partial charge is 0.349 e. The van der Waals surface area contributed by atoms with Crippen LogP contribution in [0.2, 0.25) is 0 Å². The summed E-state index contributed by atoms with van der Waals surface area (Å²) in [5.74, 6) is 1.27. The SMILES string of the molecule is CC(CCN)CCC(=O)NCc1nnc2ccccn12. The molecule has 6 heteroatoms. The van der Waals surface area contributed by atoms with Crippen LogP contribution in [0.1, 0.15) is 32.0 Å². The third-order valence-electron chi connectivity index (χ3n) is 3.35. The zero-order valence-electron chi connectivity index (χ0n) is 11.7. The molecule has 0 bridgehead atoms. The number of hydrogen-bond acceptors (Lipinski definition) is 4. The lowest BCUT2D eigenvalue weighted by Gasteiger charge is -2.09. The van der Waals surface area contributed by atoms with Gasteiger partial charge in [-0.05, 0) is 37.4 Å². The van der Waals surface area contributed by atoms with Gasteiger partial charge in [-0.1, -0.05) is 13.0 Å². The molecule has 0 aliphatic rings. The quantitative estimate of drug-likeness (QED) is 0.792. The molecule has 0 aliphatic carbocycles. The smallest absolute Gasteiger partial charge is 0.220 e. The number of aromatic nitrogens is 3. The maximum Gasteiger partial charge on any atom is 0.220 e. The molecular formula is C14H21N5O. The lowest BCUT2D eigenvalue weighted by atomic mass is 10.0. The highest BCUT2D eigenvalue weighted by molar-refractivity contribution is 5.75. The van der Waals surface area contributed by atoms with Crippen LogP contribution in [-0.2, 0) is 11.3 Å². The monoisotopic (exact) mass is 275 g/mol. The first-order valence-electron chi connectivity index (χ1n) is 6.96. The first kappa shape index (κ1) is 14.5. The number of nitrogens with zero attached hydrogens (tertiary/aromatic N) is 3. The zero-order chi connectivity index (χ0) is 14.4. The van der Waals surface area contributed by atoms with Crippen LogP contribution in [0.5, 0.6) is 0 Å². The minimum absolute atomic E-state index is 0.0431. The van der Waals surface area contributed by atoms with E-state index in [0.29, 0.717) is 25.4 Å². The first-order valence-corrected chi connectivity index (χ1v) is 6.96. The molecule has 3 N–H and O–H groups in total. The van der Waals surface area contributed by atoms with E-state index in [-0.39, 0.29) is 5.91 Å². The van der Waals surface area contributed by atoms with Crippen molar-refractivity contribution < 1.29 is 4.79 Å². The minimum atomic E-state index is 0.0431. The summed E-state index contributed by atoms with van der Waals surface area (Å²) in [5, 5.41) is 11.0. The molecule has 2 heterocycles. The van der Waals surface area contributed by atoms with E-state index in [0.717, 1.165) is 24.3 Å². The molecule has 0 spiro atoms. The molecule has 0 aromatic carbocycles. The van der Waals surface area contributed by atoms with Crippen LogP contribution in [0.3, 0.4) is 0 Å². The van der Waals surface area contributed by atoms with Crippen LogP contribution < -0.4 is 11.1 Å². The second-order valence-electron chi connectivity index (χ2n) is 5.04. The lowest BCUT2D eigenvalue weighted by molar-refractivity contribution is -0.121. The van der Waals surface area contributed by atoms with Gasteiger partial charge in [-0.25, -0.2) is 0 Å². The van der Waals surface area contributed by atoms with Crippen molar-refractivity contribution in [3.63, 3.8) is 0 Å². The highest BCUT2D eigenvalue weighted by atomic mass is 16.1.